The van der Waals surface area contributed by atoms with E-state index in [-0.39, 0.29) is 0 Å². The fraction of sp³-hybridized carbons (Fsp3) is 0.267. The molecule has 0 aliphatic rings. The zero-order valence-electron chi connectivity index (χ0n) is 20.2. The molecule has 0 spiro atoms. The van der Waals surface area contributed by atoms with Crippen LogP contribution in [0.4, 0.5) is 11.4 Å². The molecule has 0 saturated carbocycles. The van der Waals surface area contributed by atoms with Crippen LogP contribution >= 0.6 is 0 Å². The van der Waals surface area contributed by atoms with Gasteiger partial charge in [-0.1, -0.05) is 63.1 Å². The van der Waals surface area contributed by atoms with Crippen molar-refractivity contribution in [2.45, 2.75) is 46.5 Å². The van der Waals surface area contributed by atoms with Gasteiger partial charge in [0.25, 0.3) is 0 Å². The van der Waals surface area contributed by atoms with Gasteiger partial charge in [0.2, 0.25) is 0 Å². The molecule has 0 saturated heterocycles. The van der Waals surface area contributed by atoms with Crippen molar-refractivity contribution in [1.29, 1.82) is 5.26 Å². The number of nitrogens with one attached hydrogen (secondary N) is 2. The van der Waals surface area contributed by atoms with Crippen molar-refractivity contribution in [2.24, 2.45) is 5.92 Å². The molecule has 0 radical (unpaired) electrons. The molecule has 0 fully saturated rings. The Kier molecular flexibility index (Phi) is 7.44. The summed E-state index contributed by atoms with van der Waals surface area (Å²) in [6, 6.07) is 17.2. The maximum absolute atomic E-state index is 9.71. The summed E-state index contributed by atoms with van der Waals surface area (Å²) in [5.41, 5.74) is 7.90. The predicted molar refractivity (Wildman–Crippen MR) is 143 cm³/mol. The second kappa shape index (κ2) is 10.9. The predicted octanol–water partition coefficient (Wildman–Crippen LogP) is 8.03. The van der Waals surface area contributed by atoms with E-state index in [1.807, 2.05) is 18.3 Å². The fourth-order valence-electron chi connectivity index (χ4n) is 4.43. The van der Waals surface area contributed by atoms with E-state index >= 15 is 0 Å². The van der Waals surface area contributed by atoms with Gasteiger partial charge in [0.1, 0.15) is 6.07 Å². The van der Waals surface area contributed by atoms with E-state index in [9.17, 15) is 5.26 Å². The highest BCUT2D eigenvalue weighted by Gasteiger charge is 2.11. The molecule has 0 atom stereocenters. The summed E-state index contributed by atoms with van der Waals surface area (Å²) >= 11 is 0. The summed E-state index contributed by atoms with van der Waals surface area (Å²) in [4.78, 5) is 7.53. The number of hydrogen-bond acceptors (Lipinski definition) is 3. The van der Waals surface area contributed by atoms with Gasteiger partial charge in [0.05, 0.1) is 11.3 Å². The van der Waals surface area contributed by atoms with Crippen LogP contribution in [0.2, 0.25) is 0 Å². The van der Waals surface area contributed by atoms with Gasteiger partial charge in [-0.3, -0.25) is 4.98 Å². The number of aromatic nitrogens is 2. The van der Waals surface area contributed by atoms with Crippen LogP contribution in [-0.2, 0) is 6.42 Å². The molecule has 172 valence electrons. The van der Waals surface area contributed by atoms with Crippen molar-refractivity contribution in [2.75, 3.05) is 5.32 Å². The smallest absolute Gasteiger partial charge is 0.103 e. The van der Waals surface area contributed by atoms with Crippen LogP contribution in [0.15, 0.2) is 61.1 Å². The molecule has 4 heteroatoms. The number of nitrogens with zero attached hydrogens (tertiary/aromatic N) is 2. The molecule has 0 bridgehead atoms. The Bertz CT molecular complexity index is 1320. The lowest BCUT2D eigenvalue weighted by molar-refractivity contribution is 0.456. The molecule has 0 amide bonds. The summed E-state index contributed by atoms with van der Waals surface area (Å²) in [5, 5.41) is 14.4. The van der Waals surface area contributed by atoms with E-state index in [1.54, 1.807) is 12.4 Å². The zero-order chi connectivity index (χ0) is 23.9. The standard InChI is InChI=1S/C30H32N4/c1-4-22(5-2)6-7-23-8-10-24(11-9-23)12-13-25-19-32-20-26(18-31)30(25)34-28-14-15-29-27(21(28)3)16-17-33-29/h8-17,19-20,22,33H,4-7H2,1-3H3,(H,32,34)/b13-12+. The third-order valence-electron chi connectivity index (χ3n) is 6.79. The Balaban J connectivity index is 1.55. The number of benzene rings is 2. The van der Waals surface area contributed by atoms with Crippen molar-refractivity contribution in [1.82, 2.24) is 9.97 Å². The van der Waals surface area contributed by atoms with Gasteiger partial charge in [0.15, 0.2) is 0 Å². The molecular weight excluding hydrogens is 416 g/mol. The summed E-state index contributed by atoms with van der Waals surface area (Å²) in [6.45, 7) is 6.65. The average molecular weight is 449 g/mol. The van der Waals surface area contributed by atoms with Crippen LogP contribution in [0.1, 0.15) is 60.9 Å². The van der Waals surface area contributed by atoms with Gasteiger partial charge in [0, 0.05) is 40.7 Å². The number of pyridine rings is 1. The minimum atomic E-state index is 0.521. The number of aromatic amines is 1. The molecule has 34 heavy (non-hydrogen) atoms. The molecule has 2 aromatic carbocycles. The lowest BCUT2D eigenvalue weighted by atomic mass is 9.94. The van der Waals surface area contributed by atoms with Crippen LogP contribution in [0.3, 0.4) is 0 Å². The van der Waals surface area contributed by atoms with Gasteiger partial charge < -0.3 is 10.3 Å². The first-order chi connectivity index (χ1) is 16.6. The van der Waals surface area contributed by atoms with E-state index in [1.165, 1.54) is 30.2 Å². The highest BCUT2D eigenvalue weighted by atomic mass is 14.9. The number of rotatable bonds is 9. The Morgan fingerprint density at radius 1 is 1.03 bits per heavy atom. The molecule has 0 aliphatic heterocycles. The molecule has 2 N–H and O–H groups in total. The number of nitriles is 1. The average Bonchev–Trinajstić information content (AvgIpc) is 3.36. The molecule has 4 aromatic rings. The van der Waals surface area contributed by atoms with Gasteiger partial charge in [-0.15, -0.1) is 0 Å². The first-order valence-electron chi connectivity index (χ1n) is 12.1. The van der Waals surface area contributed by atoms with E-state index in [4.69, 9.17) is 0 Å². The quantitative estimate of drug-likeness (QED) is 0.272. The number of fused-ring (bicyclic) bond motifs is 1. The SMILES string of the molecule is CCC(CC)CCc1ccc(/C=C/c2cncc(C#N)c2Nc2ccc3[nH]ccc3c2C)cc1. The minimum Gasteiger partial charge on any atom is -0.361 e. The topological polar surface area (TPSA) is 64.5 Å². The number of hydrogen-bond donors (Lipinski definition) is 2. The number of aryl methyl sites for hydroxylation is 2. The maximum Gasteiger partial charge on any atom is 0.103 e. The van der Waals surface area contributed by atoms with E-state index in [0.717, 1.165) is 45.9 Å². The van der Waals surface area contributed by atoms with Crippen LogP contribution in [0.5, 0.6) is 0 Å². The van der Waals surface area contributed by atoms with Crippen molar-refractivity contribution < 1.29 is 0 Å². The Labute approximate surface area is 202 Å². The largest absolute Gasteiger partial charge is 0.361 e. The highest BCUT2D eigenvalue weighted by Crippen LogP contribution is 2.31. The molecule has 2 aromatic heterocycles. The Morgan fingerprint density at radius 2 is 1.82 bits per heavy atom. The monoisotopic (exact) mass is 448 g/mol. The van der Waals surface area contributed by atoms with E-state index < -0.39 is 0 Å². The van der Waals surface area contributed by atoms with Crippen molar-refractivity contribution in [3.63, 3.8) is 0 Å². The van der Waals surface area contributed by atoms with E-state index in [0.29, 0.717) is 5.56 Å². The van der Waals surface area contributed by atoms with Crippen LogP contribution < -0.4 is 5.32 Å². The summed E-state index contributed by atoms with van der Waals surface area (Å²) in [7, 11) is 0. The first-order valence-corrected chi connectivity index (χ1v) is 12.1. The van der Waals surface area contributed by atoms with E-state index in [2.05, 4.69) is 84.6 Å². The van der Waals surface area contributed by atoms with Crippen molar-refractivity contribution >= 4 is 34.4 Å². The van der Waals surface area contributed by atoms with Gasteiger partial charge in [-0.2, -0.15) is 5.26 Å². The van der Waals surface area contributed by atoms with Gasteiger partial charge in [-0.25, -0.2) is 0 Å². The van der Waals surface area contributed by atoms with Crippen molar-refractivity contribution in [3.8, 4) is 6.07 Å². The third kappa shape index (κ3) is 5.21. The third-order valence-corrected chi connectivity index (χ3v) is 6.79. The molecule has 0 unspecified atom stereocenters. The fourth-order valence-corrected chi connectivity index (χ4v) is 4.43. The number of H-pyrrole nitrogens is 1. The summed E-state index contributed by atoms with van der Waals surface area (Å²) < 4.78 is 0. The zero-order valence-corrected chi connectivity index (χ0v) is 20.2. The first kappa shape index (κ1) is 23.3. The molecule has 2 heterocycles. The summed E-state index contributed by atoms with van der Waals surface area (Å²) in [5.74, 6) is 0.812. The normalized spacial score (nSPS) is 11.4. The van der Waals surface area contributed by atoms with Crippen LogP contribution in [0.25, 0.3) is 23.1 Å². The molecule has 4 nitrogen and oxygen atoms in total. The van der Waals surface area contributed by atoms with Crippen molar-refractivity contribution in [3.05, 3.63) is 88.9 Å². The maximum atomic E-state index is 9.71. The Morgan fingerprint density at radius 3 is 2.56 bits per heavy atom. The molecular formula is C30H32N4. The second-order valence-corrected chi connectivity index (χ2v) is 8.86. The van der Waals surface area contributed by atoms with Crippen LogP contribution in [-0.4, -0.2) is 9.97 Å². The van der Waals surface area contributed by atoms with Gasteiger partial charge in [-0.05, 0) is 60.6 Å². The molecule has 4 rings (SSSR count). The van der Waals surface area contributed by atoms with Gasteiger partial charge >= 0.3 is 0 Å². The highest BCUT2D eigenvalue weighted by molar-refractivity contribution is 5.90. The second-order valence-electron chi connectivity index (χ2n) is 8.86. The number of anilines is 2. The lowest BCUT2D eigenvalue weighted by Crippen LogP contribution is -1.99. The van der Waals surface area contributed by atoms with Crippen LogP contribution in [0, 0.1) is 24.2 Å². The molecule has 0 aliphatic carbocycles. The lowest BCUT2D eigenvalue weighted by Gasteiger charge is -2.14. The summed E-state index contributed by atoms with van der Waals surface area (Å²) in [6.07, 6.45) is 14.3. The Hall–Kier alpha value is -3.84. The minimum absolute atomic E-state index is 0.521.